The van der Waals surface area contributed by atoms with Gasteiger partial charge in [0.15, 0.2) is 0 Å². The van der Waals surface area contributed by atoms with E-state index < -0.39 is 0 Å². The fraction of sp³-hybridized carbons (Fsp3) is 0.481. The highest BCUT2D eigenvalue weighted by atomic mass is 35.5. The maximum Gasteiger partial charge on any atom is 0.123 e. The number of benzene rings is 2. The summed E-state index contributed by atoms with van der Waals surface area (Å²) in [5, 5.41) is 0.826. The Morgan fingerprint density at radius 3 is 2.43 bits per heavy atom. The third kappa shape index (κ3) is 7.25. The van der Waals surface area contributed by atoms with E-state index in [9.17, 15) is 4.39 Å². The summed E-state index contributed by atoms with van der Waals surface area (Å²) in [7, 11) is 2.19. The Bertz CT molecular complexity index is 840. The SMILES string of the molecule is CC1=C(c2cc(Cl)ccc2C)CN(C)C(C)C1.CCC(C)CCc1ccc(F)cc1. The van der Waals surface area contributed by atoms with Crippen molar-refractivity contribution in [3.63, 3.8) is 0 Å². The Hall–Kier alpha value is -1.64. The zero-order valence-corrected chi connectivity index (χ0v) is 20.2. The van der Waals surface area contributed by atoms with Crippen molar-refractivity contribution in [2.75, 3.05) is 13.6 Å². The highest BCUT2D eigenvalue weighted by Gasteiger charge is 2.21. The van der Waals surface area contributed by atoms with Gasteiger partial charge in [-0.1, -0.05) is 55.6 Å². The summed E-state index contributed by atoms with van der Waals surface area (Å²) in [6.07, 6.45) is 4.64. The molecule has 1 nitrogen and oxygen atoms in total. The quantitative estimate of drug-likeness (QED) is 0.466. The van der Waals surface area contributed by atoms with Gasteiger partial charge < -0.3 is 0 Å². The molecule has 0 fully saturated rings. The largest absolute Gasteiger partial charge is 0.299 e. The lowest BCUT2D eigenvalue weighted by Crippen LogP contribution is -2.34. The first-order valence-corrected chi connectivity index (χ1v) is 11.5. The van der Waals surface area contributed by atoms with E-state index in [4.69, 9.17) is 11.6 Å². The molecule has 0 bridgehead atoms. The second-order valence-corrected chi connectivity index (χ2v) is 9.30. The lowest BCUT2D eigenvalue weighted by atomic mass is 9.90. The number of hydrogen-bond acceptors (Lipinski definition) is 1. The van der Waals surface area contributed by atoms with Crippen molar-refractivity contribution in [3.05, 3.63) is 75.6 Å². The molecule has 0 amide bonds. The summed E-state index contributed by atoms with van der Waals surface area (Å²) in [6, 6.07) is 13.6. The van der Waals surface area contributed by atoms with Crippen LogP contribution in [0.1, 0.15) is 63.6 Å². The minimum absolute atomic E-state index is 0.146. The zero-order valence-electron chi connectivity index (χ0n) is 19.4. The highest BCUT2D eigenvalue weighted by Crippen LogP contribution is 2.31. The molecule has 0 saturated carbocycles. The van der Waals surface area contributed by atoms with Gasteiger partial charge in [-0.2, -0.15) is 0 Å². The van der Waals surface area contributed by atoms with Crippen LogP contribution < -0.4 is 0 Å². The second kappa shape index (κ2) is 11.7. The Morgan fingerprint density at radius 2 is 1.80 bits per heavy atom. The third-order valence-electron chi connectivity index (χ3n) is 6.34. The molecule has 0 N–H and O–H groups in total. The first kappa shape index (κ1) is 24.6. The van der Waals surface area contributed by atoms with Crippen LogP contribution >= 0.6 is 11.6 Å². The monoisotopic (exact) mass is 429 g/mol. The van der Waals surface area contributed by atoms with E-state index >= 15 is 0 Å². The number of aryl methyl sites for hydroxylation is 2. The van der Waals surface area contributed by atoms with Gasteiger partial charge in [0.25, 0.3) is 0 Å². The normalized spacial score (nSPS) is 18.1. The summed E-state index contributed by atoms with van der Waals surface area (Å²) in [5.41, 5.74) is 6.81. The van der Waals surface area contributed by atoms with E-state index in [-0.39, 0.29) is 5.82 Å². The van der Waals surface area contributed by atoms with Gasteiger partial charge in [0.05, 0.1) is 0 Å². The summed E-state index contributed by atoms with van der Waals surface area (Å²) < 4.78 is 12.6. The predicted octanol–water partition coefficient (Wildman–Crippen LogP) is 7.95. The average Bonchev–Trinajstić information content (AvgIpc) is 2.72. The maximum absolute atomic E-state index is 12.6. The molecule has 3 rings (SSSR count). The Morgan fingerprint density at radius 1 is 1.13 bits per heavy atom. The summed E-state index contributed by atoms with van der Waals surface area (Å²) in [5.74, 6) is 0.623. The Labute approximate surface area is 188 Å². The van der Waals surface area contributed by atoms with Gasteiger partial charge in [0, 0.05) is 17.6 Å². The van der Waals surface area contributed by atoms with Crippen LogP contribution in [0.15, 0.2) is 48.0 Å². The smallest absolute Gasteiger partial charge is 0.123 e. The predicted molar refractivity (Wildman–Crippen MR) is 130 cm³/mol. The first-order valence-electron chi connectivity index (χ1n) is 11.1. The number of rotatable bonds is 5. The van der Waals surface area contributed by atoms with Gasteiger partial charge in [0.2, 0.25) is 0 Å². The highest BCUT2D eigenvalue weighted by molar-refractivity contribution is 6.30. The third-order valence-corrected chi connectivity index (χ3v) is 6.57. The number of likely N-dealkylation sites (N-methyl/N-ethyl adjacent to an activating group) is 1. The Balaban J connectivity index is 0.000000222. The number of halogens is 2. The van der Waals surface area contributed by atoms with Crippen molar-refractivity contribution < 1.29 is 4.39 Å². The van der Waals surface area contributed by atoms with Crippen LogP contribution in [0.4, 0.5) is 4.39 Å². The molecule has 164 valence electrons. The number of hydrogen-bond donors (Lipinski definition) is 0. The molecule has 1 heterocycles. The van der Waals surface area contributed by atoms with Crippen LogP contribution in [0.25, 0.3) is 5.57 Å². The average molecular weight is 430 g/mol. The number of nitrogens with zero attached hydrogens (tertiary/aromatic N) is 1. The molecule has 3 heteroatoms. The van der Waals surface area contributed by atoms with Crippen molar-refractivity contribution in [1.82, 2.24) is 4.90 Å². The van der Waals surface area contributed by atoms with Crippen LogP contribution in [0, 0.1) is 18.7 Å². The molecule has 1 aliphatic heterocycles. The van der Waals surface area contributed by atoms with Crippen molar-refractivity contribution >= 4 is 17.2 Å². The lowest BCUT2D eigenvalue weighted by Gasteiger charge is -2.33. The van der Waals surface area contributed by atoms with E-state index in [1.165, 1.54) is 52.8 Å². The van der Waals surface area contributed by atoms with Gasteiger partial charge in [-0.25, -0.2) is 4.39 Å². The van der Waals surface area contributed by atoms with E-state index in [0.717, 1.165) is 30.3 Å². The maximum atomic E-state index is 12.6. The van der Waals surface area contributed by atoms with E-state index in [0.29, 0.717) is 6.04 Å². The van der Waals surface area contributed by atoms with Crippen molar-refractivity contribution in [2.45, 2.75) is 66.3 Å². The van der Waals surface area contributed by atoms with Gasteiger partial charge in [-0.05, 0) is 99.5 Å². The van der Waals surface area contributed by atoms with Gasteiger partial charge >= 0.3 is 0 Å². The van der Waals surface area contributed by atoms with E-state index in [2.05, 4.69) is 58.7 Å². The molecule has 1 aliphatic rings. The van der Waals surface area contributed by atoms with Crippen molar-refractivity contribution in [3.8, 4) is 0 Å². The molecular weight excluding hydrogens is 393 g/mol. The molecule has 2 aromatic rings. The molecular formula is C27H37ClFN. The summed E-state index contributed by atoms with van der Waals surface area (Å²) in [4.78, 5) is 2.41. The van der Waals surface area contributed by atoms with Crippen LogP contribution in [0.5, 0.6) is 0 Å². The minimum atomic E-state index is -0.146. The van der Waals surface area contributed by atoms with Crippen LogP contribution in [0.2, 0.25) is 5.02 Å². The topological polar surface area (TPSA) is 3.24 Å². The second-order valence-electron chi connectivity index (χ2n) is 8.86. The molecule has 0 spiro atoms. The molecule has 2 unspecified atom stereocenters. The molecule has 0 aromatic heterocycles. The minimum Gasteiger partial charge on any atom is -0.299 e. The molecule has 0 aliphatic carbocycles. The molecule has 0 radical (unpaired) electrons. The van der Waals surface area contributed by atoms with Crippen molar-refractivity contribution in [1.29, 1.82) is 0 Å². The molecule has 0 saturated heterocycles. The van der Waals surface area contributed by atoms with E-state index in [1.807, 2.05) is 18.2 Å². The Kier molecular flexibility index (Phi) is 9.58. The fourth-order valence-electron chi connectivity index (χ4n) is 3.77. The standard InChI is InChI=1S/C15H20ClN.C12H17F/c1-10-5-6-13(16)8-14(10)15-9-17(4)12(3)7-11(15)2;1-3-10(2)4-5-11-6-8-12(13)9-7-11/h5-6,8,12H,7,9H2,1-4H3;6-10H,3-5H2,1-2H3. The lowest BCUT2D eigenvalue weighted by molar-refractivity contribution is 0.275. The van der Waals surface area contributed by atoms with Crippen LogP contribution in [0.3, 0.4) is 0 Å². The summed E-state index contributed by atoms with van der Waals surface area (Å²) in [6.45, 7) is 12.2. The fourth-order valence-corrected chi connectivity index (χ4v) is 3.94. The summed E-state index contributed by atoms with van der Waals surface area (Å²) >= 11 is 6.11. The zero-order chi connectivity index (χ0) is 22.3. The van der Waals surface area contributed by atoms with Gasteiger partial charge in [-0.3, -0.25) is 4.90 Å². The first-order chi connectivity index (χ1) is 14.2. The van der Waals surface area contributed by atoms with Crippen molar-refractivity contribution in [2.24, 2.45) is 5.92 Å². The molecule has 2 atom stereocenters. The van der Waals surface area contributed by atoms with E-state index in [1.54, 1.807) is 0 Å². The van der Waals surface area contributed by atoms with Gasteiger partial charge in [-0.15, -0.1) is 0 Å². The molecule has 30 heavy (non-hydrogen) atoms. The molecule has 2 aromatic carbocycles. The van der Waals surface area contributed by atoms with Crippen LogP contribution in [-0.4, -0.2) is 24.5 Å². The van der Waals surface area contributed by atoms with Gasteiger partial charge in [0.1, 0.15) is 5.82 Å². The van der Waals surface area contributed by atoms with Crippen LogP contribution in [-0.2, 0) is 6.42 Å².